The summed E-state index contributed by atoms with van der Waals surface area (Å²) >= 11 is 2.24. The maximum absolute atomic E-state index is 11.4. The van der Waals surface area contributed by atoms with Crippen LogP contribution in [0.25, 0.3) is 6.08 Å². The number of carbonyl (C=O) groups is 1. The van der Waals surface area contributed by atoms with Crippen LogP contribution in [0.2, 0.25) is 0 Å². The zero-order valence-corrected chi connectivity index (χ0v) is 11.2. The molecule has 0 aliphatic carbocycles. The molecule has 0 atom stereocenters. The Labute approximate surface area is 109 Å². The second kappa shape index (κ2) is 6.48. The van der Waals surface area contributed by atoms with Crippen LogP contribution in [-0.2, 0) is 9.53 Å². The summed E-state index contributed by atoms with van der Waals surface area (Å²) in [5, 5.41) is 0. The minimum atomic E-state index is -0.307. The third kappa shape index (κ3) is 4.18. The van der Waals surface area contributed by atoms with E-state index in [1.54, 1.807) is 13.0 Å². The van der Waals surface area contributed by atoms with Crippen molar-refractivity contribution in [3.05, 3.63) is 51.6 Å². The molecule has 0 saturated carbocycles. The number of esters is 1. The van der Waals surface area contributed by atoms with E-state index in [2.05, 4.69) is 29.2 Å². The van der Waals surface area contributed by atoms with Gasteiger partial charge in [-0.3, -0.25) is 0 Å². The molecule has 2 nitrogen and oxygen atoms in total. The molecule has 16 heavy (non-hydrogen) atoms. The predicted octanol–water partition coefficient (Wildman–Crippen LogP) is 3.42. The molecule has 0 aliphatic heterocycles. The maximum atomic E-state index is 11.4. The van der Waals surface area contributed by atoms with Gasteiger partial charge in [-0.1, -0.05) is 24.8 Å². The number of hydrogen-bond donors (Lipinski definition) is 0. The first-order valence-electron chi connectivity index (χ1n) is 4.85. The van der Waals surface area contributed by atoms with Crippen molar-refractivity contribution in [3.63, 3.8) is 0 Å². The number of benzene rings is 1. The van der Waals surface area contributed by atoms with Crippen molar-refractivity contribution < 1.29 is 9.53 Å². The topological polar surface area (TPSA) is 26.3 Å². The number of ether oxygens (including phenoxy) is 1. The molecule has 0 N–H and O–H groups in total. The molecule has 1 aromatic rings. The summed E-state index contributed by atoms with van der Waals surface area (Å²) in [6.45, 7) is 5.47. The third-order valence-electron chi connectivity index (χ3n) is 1.91. The number of hydrogen-bond acceptors (Lipinski definition) is 2. The fourth-order valence-electron chi connectivity index (χ4n) is 1.12. The Morgan fingerprint density at radius 2 is 2.06 bits per heavy atom. The Hall–Kier alpha value is -1.10. The van der Waals surface area contributed by atoms with E-state index in [0.717, 1.165) is 5.56 Å². The largest absolute Gasteiger partial charge is 0.458 e. The molecule has 0 unspecified atom stereocenters. The molecule has 0 spiro atoms. The van der Waals surface area contributed by atoms with E-state index < -0.39 is 0 Å². The van der Waals surface area contributed by atoms with Crippen molar-refractivity contribution in [1.29, 1.82) is 0 Å². The van der Waals surface area contributed by atoms with Gasteiger partial charge in [-0.2, -0.15) is 0 Å². The summed E-state index contributed by atoms with van der Waals surface area (Å²) in [6.07, 6.45) is 3.36. The van der Waals surface area contributed by atoms with Gasteiger partial charge in [-0.05, 0) is 53.3 Å². The van der Waals surface area contributed by atoms with E-state index in [1.807, 2.05) is 30.3 Å². The van der Waals surface area contributed by atoms with Crippen LogP contribution >= 0.6 is 22.6 Å². The van der Waals surface area contributed by atoms with Crippen LogP contribution in [0.3, 0.4) is 0 Å². The van der Waals surface area contributed by atoms with E-state index in [9.17, 15) is 4.79 Å². The van der Waals surface area contributed by atoms with Gasteiger partial charge < -0.3 is 4.74 Å². The smallest absolute Gasteiger partial charge is 0.334 e. The van der Waals surface area contributed by atoms with E-state index in [4.69, 9.17) is 4.74 Å². The average molecular weight is 328 g/mol. The Bertz CT molecular complexity index is 404. The second-order valence-electron chi connectivity index (χ2n) is 3.27. The number of halogens is 1. The van der Waals surface area contributed by atoms with Gasteiger partial charge >= 0.3 is 5.97 Å². The van der Waals surface area contributed by atoms with Gasteiger partial charge in [0.1, 0.15) is 6.61 Å². The third-order valence-corrected chi connectivity index (χ3v) is 2.63. The first kappa shape index (κ1) is 13.0. The van der Waals surface area contributed by atoms with Crippen LogP contribution in [0, 0.1) is 3.57 Å². The molecule has 0 bridgehead atoms. The Kier molecular flexibility index (Phi) is 5.25. The van der Waals surface area contributed by atoms with E-state index in [0.29, 0.717) is 5.57 Å². The molecule has 0 aromatic heterocycles. The van der Waals surface area contributed by atoms with Crippen molar-refractivity contribution in [2.24, 2.45) is 0 Å². The van der Waals surface area contributed by atoms with Gasteiger partial charge in [-0.25, -0.2) is 4.79 Å². The van der Waals surface area contributed by atoms with Crippen LogP contribution in [0.1, 0.15) is 12.5 Å². The molecular formula is C13H13IO2. The lowest BCUT2D eigenvalue weighted by Gasteiger charge is -2.02. The first-order chi connectivity index (χ1) is 7.63. The number of rotatable bonds is 4. The summed E-state index contributed by atoms with van der Waals surface area (Å²) in [5.74, 6) is -0.307. The fraction of sp³-hybridized carbons (Fsp3) is 0.154. The SMILES string of the molecule is C=CCOC(=O)/C(C)=C/c1ccc(I)cc1. The van der Waals surface area contributed by atoms with Crippen LogP contribution in [0.15, 0.2) is 42.5 Å². The van der Waals surface area contributed by atoms with Crippen molar-refractivity contribution >= 4 is 34.6 Å². The molecule has 1 aromatic carbocycles. The normalized spacial score (nSPS) is 11.0. The van der Waals surface area contributed by atoms with Crippen molar-refractivity contribution in [2.75, 3.05) is 6.61 Å². The van der Waals surface area contributed by atoms with E-state index in [1.165, 1.54) is 3.57 Å². The molecule has 3 heteroatoms. The summed E-state index contributed by atoms with van der Waals surface area (Å²) in [6, 6.07) is 7.92. The highest BCUT2D eigenvalue weighted by Gasteiger charge is 2.04. The van der Waals surface area contributed by atoms with Crippen LogP contribution in [-0.4, -0.2) is 12.6 Å². The zero-order chi connectivity index (χ0) is 12.0. The quantitative estimate of drug-likeness (QED) is 0.366. The predicted molar refractivity (Wildman–Crippen MR) is 74.0 cm³/mol. The maximum Gasteiger partial charge on any atom is 0.334 e. The molecule has 84 valence electrons. The lowest BCUT2D eigenvalue weighted by atomic mass is 10.1. The van der Waals surface area contributed by atoms with Gasteiger partial charge in [0.15, 0.2) is 0 Å². The molecule has 0 radical (unpaired) electrons. The van der Waals surface area contributed by atoms with Gasteiger partial charge in [0.2, 0.25) is 0 Å². The second-order valence-corrected chi connectivity index (χ2v) is 4.51. The molecule has 0 fully saturated rings. The molecule has 0 saturated heterocycles. The average Bonchev–Trinajstić information content (AvgIpc) is 2.29. The van der Waals surface area contributed by atoms with E-state index >= 15 is 0 Å². The lowest BCUT2D eigenvalue weighted by Crippen LogP contribution is -2.05. The summed E-state index contributed by atoms with van der Waals surface area (Å²) < 4.78 is 6.09. The lowest BCUT2D eigenvalue weighted by molar-refractivity contribution is -0.137. The summed E-state index contributed by atoms with van der Waals surface area (Å²) in [4.78, 5) is 11.4. The highest BCUT2D eigenvalue weighted by Crippen LogP contribution is 2.11. The minimum absolute atomic E-state index is 0.247. The molecule has 0 heterocycles. The molecule has 1 rings (SSSR count). The molecular weight excluding hydrogens is 315 g/mol. The molecule has 0 aliphatic rings. The summed E-state index contributed by atoms with van der Waals surface area (Å²) in [7, 11) is 0. The first-order valence-corrected chi connectivity index (χ1v) is 5.93. The molecule has 0 amide bonds. The Morgan fingerprint density at radius 1 is 1.44 bits per heavy atom. The Balaban J connectivity index is 2.72. The fourth-order valence-corrected chi connectivity index (χ4v) is 1.48. The minimum Gasteiger partial charge on any atom is -0.458 e. The standard InChI is InChI=1S/C13H13IO2/c1-3-8-16-13(15)10(2)9-11-4-6-12(14)7-5-11/h3-7,9H,1,8H2,2H3/b10-9+. The highest BCUT2D eigenvalue weighted by atomic mass is 127. The number of carbonyl (C=O) groups excluding carboxylic acids is 1. The van der Waals surface area contributed by atoms with Crippen molar-refractivity contribution in [3.8, 4) is 0 Å². The summed E-state index contributed by atoms with van der Waals surface area (Å²) in [5.41, 5.74) is 1.58. The highest BCUT2D eigenvalue weighted by molar-refractivity contribution is 14.1. The van der Waals surface area contributed by atoms with Crippen molar-refractivity contribution in [1.82, 2.24) is 0 Å². The zero-order valence-electron chi connectivity index (χ0n) is 9.07. The van der Waals surface area contributed by atoms with Gasteiger partial charge in [0, 0.05) is 9.14 Å². The van der Waals surface area contributed by atoms with Crippen LogP contribution in [0.5, 0.6) is 0 Å². The monoisotopic (exact) mass is 328 g/mol. The van der Waals surface area contributed by atoms with Gasteiger partial charge in [0.25, 0.3) is 0 Å². The van der Waals surface area contributed by atoms with Gasteiger partial charge in [0.05, 0.1) is 0 Å². The van der Waals surface area contributed by atoms with Crippen LogP contribution in [0.4, 0.5) is 0 Å². The van der Waals surface area contributed by atoms with Crippen molar-refractivity contribution in [2.45, 2.75) is 6.92 Å². The van der Waals surface area contributed by atoms with Crippen LogP contribution < -0.4 is 0 Å². The Morgan fingerprint density at radius 3 is 2.62 bits per heavy atom. The van der Waals surface area contributed by atoms with E-state index in [-0.39, 0.29) is 12.6 Å². The van der Waals surface area contributed by atoms with Gasteiger partial charge in [-0.15, -0.1) is 0 Å².